The summed E-state index contributed by atoms with van der Waals surface area (Å²) in [5.74, 6) is 4.11. The van der Waals surface area contributed by atoms with Crippen molar-refractivity contribution >= 4 is 0 Å². The van der Waals surface area contributed by atoms with E-state index in [1.54, 1.807) is 0 Å². The molecular formula is C20H36O. The molecule has 1 nitrogen and oxygen atoms in total. The molecule has 3 aliphatic rings. The molecule has 3 saturated carbocycles. The van der Waals surface area contributed by atoms with Gasteiger partial charge in [0.15, 0.2) is 0 Å². The largest absolute Gasteiger partial charge is 0.393 e. The van der Waals surface area contributed by atoms with Gasteiger partial charge >= 0.3 is 0 Å². The molecule has 0 saturated heterocycles. The van der Waals surface area contributed by atoms with Crippen LogP contribution in [0.4, 0.5) is 0 Å². The van der Waals surface area contributed by atoms with Gasteiger partial charge in [0.25, 0.3) is 0 Å². The number of aliphatic hydroxyl groups is 1. The van der Waals surface area contributed by atoms with Gasteiger partial charge in [-0.25, -0.2) is 0 Å². The Morgan fingerprint density at radius 1 is 0.714 bits per heavy atom. The Balaban J connectivity index is 1.73. The lowest BCUT2D eigenvalue weighted by molar-refractivity contribution is -0.0313. The molecule has 1 N–H and O–H groups in total. The Bertz CT molecular complexity index is 283. The second kappa shape index (κ2) is 7.49. The van der Waals surface area contributed by atoms with Crippen molar-refractivity contribution in [1.29, 1.82) is 0 Å². The molecule has 0 bridgehead atoms. The first kappa shape index (κ1) is 15.8. The van der Waals surface area contributed by atoms with Crippen molar-refractivity contribution in [2.75, 3.05) is 0 Å². The van der Waals surface area contributed by atoms with Crippen LogP contribution in [-0.2, 0) is 0 Å². The molecule has 3 rings (SSSR count). The molecule has 3 aliphatic carbocycles. The predicted molar refractivity (Wildman–Crippen MR) is 89.2 cm³/mol. The first-order chi connectivity index (χ1) is 10.3. The van der Waals surface area contributed by atoms with E-state index >= 15 is 0 Å². The lowest BCUT2D eigenvalue weighted by Crippen LogP contribution is -2.41. The normalized spacial score (nSPS) is 37.0. The molecule has 122 valence electrons. The summed E-state index contributed by atoms with van der Waals surface area (Å²) < 4.78 is 0. The van der Waals surface area contributed by atoms with Crippen LogP contribution in [0.3, 0.4) is 0 Å². The zero-order valence-electron chi connectivity index (χ0n) is 14.1. The van der Waals surface area contributed by atoms with Gasteiger partial charge in [-0.15, -0.1) is 0 Å². The Morgan fingerprint density at radius 3 is 1.71 bits per heavy atom. The van der Waals surface area contributed by atoms with E-state index in [2.05, 4.69) is 6.92 Å². The quantitative estimate of drug-likeness (QED) is 0.722. The topological polar surface area (TPSA) is 20.2 Å². The third kappa shape index (κ3) is 3.84. The van der Waals surface area contributed by atoms with Crippen LogP contribution in [0.1, 0.15) is 90.4 Å². The second-order valence-electron chi connectivity index (χ2n) is 8.52. The fourth-order valence-corrected chi connectivity index (χ4v) is 5.95. The summed E-state index contributed by atoms with van der Waals surface area (Å²) in [5.41, 5.74) is 0. The van der Waals surface area contributed by atoms with Gasteiger partial charge in [0.05, 0.1) is 6.10 Å². The van der Waals surface area contributed by atoms with Crippen molar-refractivity contribution < 1.29 is 5.11 Å². The molecule has 0 aromatic heterocycles. The van der Waals surface area contributed by atoms with Gasteiger partial charge in [0, 0.05) is 0 Å². The summed E-state index contributed by atoms with van der Waals surface area (Å²) in [6, 6.07) is 0. The Labute approximate surface area is 131 Å². The first-order valence-corrected chi connectivity index (χ1v) is 9.93. The third-order valence-corrected chi connectivity index (χ3v) is 7.01. The van der Waals surface area contributed by atoms with Crippen LogP contribution in [0.5, 0.6) is 0 Å². The van der Waals surface area contributed by atoms with Gasteiger partial charge in [0.2, 0.25) is 0 Å². The maximum atomic E-state index is 10.8. The minimum Gasteiger partial charge on any atom is -0.393 e. The van der Waals surface area contributed by atoms with Crippen LogP contribution in [-0.4, -0.2) is 11.2 Å². The average molecular weight is 293 g/mol. The summed E-state index contributed by atoms with van der Waals surface area (Å²) >= 11 is 0. The first-order valence-electron chi connectivity index (χ1n) is 9.93. The van der Waals surface area contributed by atoms with Gasteiger partial charge in [-0.1, -0.05) is 77.6 Å². The van der Waals surface area contributed by atoms with Gasteiger partial charge in [-0.2, -0.15) is 0 Å². The highest BCUT2D eigenvalue weighted by atomic mass is 16.3. The lowest BCUT2D eigenvalue weighted by atomic mass is 9.60. The fraction of sp³-hybridized carbons (Fsp3) is 1.00. The minimum absolute atomic E-state index is 0.00241. The molecule has 21 heavy (non-hydrogen) atoms. The van der Waals surface area contributed by atoms with Crippen molar-refractivity contribution in [1.82, 2.24) is 0 Å². The van der Waals surface area contributed by atoms with E-state index in [0.29, 0.717) is 5.92 Å². The monoisotopic (exact) mass is 292 g/mol. The highest BCUT2D eigenvalue weighted by Crippen LogP contribution is 2.48. The lowest BCUT2D eigenvalue weighted by Gasteiger charge is -2.46. The molecule has 0 unspecified atom stereocenters. The molecule has 1 heteroatoms. The number of hydrogen-bond donors (Lipinski definition) is 1. The second-order valence-corrected chi connectivity index (χ2v) is 8.52. The van der Waals surface area contributed by atoms with Crippen LogP contribution in [0.2, 0.25) is 0 Å². The number of rotatable bonds is 3. The molecule has 0 aromatic rings. The smallest absolute Gasteiger partial charge is 0.0573 e. The van der Waals surface area contributed by atoms with E-state index < -0.39 is 0 Å². The highest BCUT2D eigenvalue weighted by Gasteiger charge is 2.41. The number of aliphatic hydroxyl groups excluding tert-OH is 1. The van der Waals surface area contributed by atoms with Gasteiger partial charge in [0.1, 0.15) is 0 Å². The van der Waals surface area contributed by atoms with Gasteiger partial charge < -0.3 is 5.11 Å². The zero-order valence-corrected chi connectivity index (χ0v) is 14.1. The van der Waals surface area contributed by atoms with E-state index in [1.165, 1.54) is 77.0 Å². The molecule has 0 heterocycles. The summed E-state index contributed by atoms with van der Waals surface area (Å²) in [6.07, 6.45) is 18.3. The van der Waals surface area contributed by atoms with Crippen LogP contribution < -0.4 is 0 Å². The van der Waals surface area contributed by atoms with E-state index in [9.17, 15) is 5.11 Å². The summed E-state index contributed by atoms with van der Waals surface area (Å²) in [7, 11) is 0. The molecule has 3 fully saturated rings. The van der Waals surface area contributed by atoms with E-state index in [1.807, 2.05) is 0 Å². The number of hydrogen-bond acceptors (Lipinski definition) is 1. The Hall–Kier alpha value is -0.0400. The molecule has 0 aromatic carbocycles. The molecule has 0 spiro atoms. The van der Waals surface area contributed by atoms with Crippen LogP contribution in [0.25, 0.3) is 0 Å². The maximum absolute atomic E-state index is 10.8. The van der Waals surface area contributed by atoms with Crippen LogP contribution in [0.15, 0.2) is 0 Å². The third-order valence-electron chi connectivity index (χ3n) is 7.01. The van der Waals surface area contributed by atoms with Crippen molar-refractivity contribution in [3.8, 4) is 0 Å². The zero-order chi connectivity index (χ0) is 14.7. The fourth-order valence-electron chi connectivity index (χ4n) is 5.95. The highest BCUT2D eigenvalue weighted by molar-refractivity contribution is 4.91. The van der Waals surface area contributed by atoms with Crippen molar-refractivity contribution in [3.63, 3.8) is 0 Å². The molecule has 0 amide bonds. The molecule has 0 aliphatic heterocycles. The maximum Gasteiger partial charge on any atom is 0.0573 e. The van der Waals surface area contributed by atoms with Crippen molar-refractivity contribution in [3.05, 3.63) is 0 Å². The molecule has 0 radical (unpaired) electrons. The minimum atomic E-state index is 0.00241. The van der Waals surface area contributed by atoms with Crippen LogP contribution >= 0.6 is 0 Å². The molecule has 3 atom stereocenters. The predicted octanol–water partition coefficient (Wildman–Crippen LogP) is 5.56. The van der Waals surface area contributed by atoms with Gasteiger partial charge in [-0.3, -0.25) is 0 Å². The van der Waals surface area contributed by atoms with E-state index in [-0.39, 0.29) is 6.10 Å². The average Bonchev–Trinajstić information content (AvgIpc) is 2.52. The summed E-state index contributed by atoms with van der Waals surface area (Å²) in [6.45, 7) is 2.33. The van der Waals surface area contributed by atoms with E-state index in [0.717, 1.165) is 30.1 Å². The summed E-state index contributed by atoms with van der Waals surface area (Å²) in [5, 5.41) is 10.8. The molecular weight excluding hydrogens is 256 g/mol. The summed E-state index contributed by atoms with van der Waals surface area (Å²) in [4.78, 5) is 0. The Kier molecular flexibility index (Phi) is 5.65. The van der Waals surface area contributed by atoms with Crippen molar-refractivity contribution in [2.24, 2.45) is 29.6 Å². The van der Waals surface area contributed by atoms with Crippen LogP contribution in [0, 0.1) is 29.6 Å². The SMILES string of the molecule is C[C@@H]1CC[C@@H](C(C2CCCCC2)C2CCCCC2)[C@H](O)C1. The van der Waals surface area contributed by atoms with Crippen molar-refractivity contribution in [2.45, 2.75) is 96.5 Å². The van der Waals surface area contributed by atoms with Gasteiger partial charge in [-0.05, 0) is 42.4 Å². The Morgan fingerprint density at radius 2 is 1.24 bits per heavy atom. The van der Waals surface area contributed by atoms with E-state index in [4.69, 9.17) is 0 Å². The standard InChI is InChI=1S/C20H36O/c1-15-12-13-18(19(21)14-15)20(16-8-4-2-5-9-16)17-10-6-3-7-11-17/h15-21H,2-14H2,1H3/t15-,18-,19-/m1/s1.